The minimum atomic E-state index is -0.218. The van der Waals surface area contributed by atoms with E-state index in [1.807, 2.05) is 39.8 Å². The maximum absolute atomic E-state index is 12.3. The van der Waals surface area contributed by atoms with E-state index in [1.165, 1.54) is 99.1 Å². The Kier molecular flexibility index (Phi) is 40.0. The minimum absolute atomic E-state index is 0.0789. The minimum Gasteiger partial charge on any atom is -0.497 e. The van der Waals surface area contributed by atoms with Gasteiger partial charge in [-0.1, -0.05) is 185 Å². The molecule has 1 saturated heterocycles. The van der Waals surface area contributed by atoms with Crippen molar-refractivity contribution in [3.05, 3.63) is 94.9 Å². The molecular formula is C62H107N5O3. The highest BCUT2D eigenvalue weighted by molar-refractivity contribution is 5.89. The van der Waals surface area contributed by atoms with Crippen molar-refractivity contribution in [2.45, 2.75) is 224 Å². The van der Waals surface area contributed by atoms with Crippen molar-refractivity contribution >= 4 is 23.5 Å². The molecule has 2 heterocycles. The summed E-state index contributed by atoms with van der Waals surface area (Å²) in [7, 11) is 1.68. The Hall–Kier alpha value is -4.17. The summed E-state index contributed by atoms with van der Waals surface area (Å²) in [5.74, 6) is 4.65. The fourth-order valence-electron chi connectivity index (χ4n) is 8.61. The zero-order chi connectivity index (χ0) is 52.5. The lowest BCUT2D eigenvalue weighted by Gasteiger charge is -2.28. The van der Waals surface area contributed by atoms with E-state index in [1.54, 1.807) is 7.11 Å². The van der Waals surface area contributed by atoms with E-state index in [0.29, 0.717) is 38.0 Å². The van der Waals surface area contributed by atoms with Gasteiger partial charge in [0.25, 0.3) is 0 Å². The van der Waals surface area contributed by atoms with Gasteiger partial charge in [-0.15, -0.1) is 0 Å². The molecule has 5 N–H and O–H groups in total. The molecule has 0 amide bonds. The molecule has 4 atom stereocenters. The normalized spacial score (nSPS) is 17.3. The van der Waals surface area contributed by atoms with Crippen molar-refractivity contribution in [3.8, 4) is 5.75 Å². The van der Waals surface area contributed by atoms with Crippen LogP contribution in [0.3, 0.4) is 0 Å². The summed E-state index contributed by atoms with van der Waals surface area (Å²) in [6, 6.07) is 16.4. The molecule has 3 aliphatic rings. The average molecular weight is 971 g/mol. The smallest absolute Gasteiger partial charge is 0.155 e. The third-order valence-corrected chi connectivity index (χ3v) is 12.8. The number of benzene rings is 2. The van der Waals surface area contributed by atoms with Gasteiger partial charge in [0, 0.05) is 49.6 Å². The number of allylic oxidation sites excluding steroid dienone is 2. The van der Waals surface area contributed by atoms with Gasteiger partial charge in [-0.05, 0) is 121 Å². The van der Waals surface area contributed by atoms with Crippen molar-refractivity contribution in [3.63, 3.8) is 0 Å². The second-order valence-electron chi connectivity index (χ2n) is 19.6. The number of piperidine rings is 1. The van der Waals surface area contributed by atoms with Crippen LogP contribution in [0.15, 0.2) is 83.7 Å². The second-order valence-corrected chi connectivity index (χ2v) is 19.6. The van der Waals surface area contributed by atoms with Gasteiger partial charge in [0.1, 0.15) is 17.7 Å². The zero-order valence-electron chi connectivity index (χ0n) is 47.5. The predicted octanol–water partition coefficient (Wildman–Crippen LogP) is 16.2. The number of nitrogens with one attached hydrogen (secondary N) is 5. The number of hydrogen-bond donors (Lipinski definition) is 5. The van der Waals surface area contributed by atoms with E-state index in [4.69, 9.17) is 10.1 Å². The van der Waals surface area contributed by atoms with Gasteiger partial charge < -0.3 is 31.4 Å². The number of dihydropyridines is 1. The van der Waals surface area contributed by atoms with Crippen LogP contribution >= 0.6 is 0 Å². The molecule has 0 spiro atoms. The van der Waals surface area contributed by atoms with E-state index in [2.05, 4.69) is 138 Å². The third kappa shape index (κ3) is 31.2. The van der Waals surface area contributed by atoms with Crippen LogP contribution in [0, 0.1) is 29.1 Å². The van der Waals surface area contributed by atoms with E-state index in [-0.39, 0.29) is 23.8 Å². The molecule has 70 heavy (non-hydrogen) atoms. The number of anilines is 1. The number of ketones is 2. The first-order chi connectivity index (χ1) is 33.8. The number of ether oxygens (including phenoxy) is 1. The highest BCUT2D eigenvalue weighted by atomic mass is 16.5. The predicted molar refractivity (Wildman–Crippen MR) is 306 cm³/mol. The molecule has 0 radical (unpaired) electrons. The molecule has 2 aliphatic heterocycles. The van der Waals surface area contributed by atoms with Crippen molar-refractivity contribution < 1.29 is 14.3 Å². The van der Waals surface area contributed by atoms with Gasteiger partial charge in [0.2, 0.25) is 0 Å². The van der Waals surface area contributed by atoms with Gasteiger partial charge >= 0.3 is 0 Å². The Bertz CT molecular complexity index is 1690. The molecule has 1 saturated carbocycles. The molecule has 5 rings (SSSR count). The molecule has 398 valence electrons. The number of hydrogen-bond acceptors (Lipinski definition) is 8. The van der Waals surface area contributed by atoms with E-state index in [9.17, 15) is 9.59 Å². The molecule has 0 bridgehead atoms. The molecule has 8 nitrogen and oxygen atoms in total. The fourth-order valence-corrected chi connectivity index (χ4v) is 8.61. The van der Waals surface area contributed by atoms with Crippen LogP contribution in [0.25, 0.3) is 0 Å². The molecular weight excluding hydrogens is 863 g/mol. The summed E-state index contributed by atoms with van der Waals surface area (Å²) in [4.78, 5) is 24.0. The summed E-state index contributed by atoms with van der Waals surface area (Å²) < 4.78 is 5.01. The van der Waals surface area contributed by atoms with E-state index >= 15 is 0 Å². The van der Waals surface area contributed by atoms with Crippen molar-refractivity contribution in [2.75, 3.05) is 25.5 Å². The first-order valence-corrected chi connectivity index (χ1v) is 28.2. The van der Waals surface area contributed by atoms with Gasteiger partial charge in [0.05, 0.1) is 13.2 Å². The SMILES string of the molecule is CC.CC.CC(C)/C=C(\C=N)NC1C=C2CNCCC2=CN1.CCCC(C)CCC(C)C.CCCC(CC)CCCCCc1ccc(NC2CCC(=O)CCCC2=O)cc1.CCc1ccc(OC)cc1. The van der Waals surface area contributed by atoms with Crippen LogP contribution in [0.1, 0.15) is 210 Å². The molecule has 8 heteroatoms. The Balaban J connectivity index is 0.000000967. The topological polar surface area (TPSA) is 115 Å². The maximum Gasteiger partial charge on any atom is 0.155 e. The number of aryl methyl sites for hydroxylation is 2. The van der Waals surface area contributed by atoms with Crippen molar-refractivity contribution in [1.29, 1.82) is 5.41 Å². The molecule has 2 fully saturated rings. The lowest BCUT2D eigenvalue weighted by atomic mass is 9.93. The molecule has 1 aliphatic carbocycles. The Morgan fingerprint density at radius 1 is 0.771 bits per heavy atom. The third-order valence-electron chi connectivity index (χ3n) is 12.8. The highest BCUT2D eigenvalue weighted by Crippen LogP contribution is 2.23. The van der Waals surface area contributed by atoms with Gasteiger partial charge in [-0.3, -0.25) is 9.59 Å². The molecule has 2 aromatic rings. The molecule has 0 aromatic heterocycles. The monoisotopic (exact) mass is 970 g/mol. The van der Waals surface area contributed by atoms with Crippen molar-refractivity contribution in [1.82, 2.24) is 16.0 Å². The van der Waals surface area contributed by atoms with E-state index in [0.717, 1.165) is 67.2 Å². The van der Waals surface area contributed by atoms with Gasteiger partial charge in [-0.25, -0.2) is 0 Å². The zero-order valence-corrected chi connectivity index (χ0v) is 47.5. The van der Waals surface area contributed by atoms with Gasteiger partial charge in [-0.2, -0.15) is 0 Å². The summed E-state index contributed by atoms with van der Waals surface area (Å²) in [5.41, 5.74) is 7.33. The van der Waals surface area contributed by atoms with Gasteiger partial charge in [0.15, 0.2) is 5.78 Å². The first-order valence-electron chi connectivity index (χ1n) is 28.2. The Morgan fingerprint density at radius 3 is 2.03 bits per heavy atom. The summed E-state index contributed by atoms with van der Waals surface area (Å²) in [6.07, 6.45) is 28.9. The first kappa shape index (κ1) is 65.8. The molecule has 2 aromatic carbocycles. The highest BCUT2D eigenvalue weighted by Gasteiger charge is 2.22. The fraction of sp³-hybridized carbons (Fsp3) is 0.661. The van der Waals surface area contributed by atoms with Crippen LogP contribution in [-0.4, -0.2) is 50.2 Å². The van der Waals surface area contributed by atoms with Crippen LogP contribution < -0.4 is 26.0 Å². The number of methoxy groups -OCH3 is 1. The Morgan fingerprint density at radius 2 is 1.44 bits per heavy atom. The van der Waals surface area contributed by atoms with Crippen LogP contribution in [-0.2, 0) is 22.4 Å². The second kappa shape index (κ2) is 42.5. The largest absolute Gasteiger partial charge is 0.497 e. The number of Topliss-reactive ketones (excluding diaryl/α,β-unsaturated/α-hetero) is 2. The summed E-state index contributed by atoms with van der Waals surface area (Å²) in [6.45, 7) is 30.2. The lowest BCUT2D eigenvalue weighted by Crippen LogP contribution is -2.42. The standard InChI is InChI=1S/C25H39NO2.C14H22N4.C10H22.C9H12O.2C2H6/c1-3-9-20(4-2)10-6-5-7-11-21-14-16-22(17-15-21)26-24-19-18-23(27)12-8-13-25(24)28;1-10(2)5-13(7-15)18-14-6-12-8-16-4-3-11(12)9-17-14;1-5-6-10(4)8-7-9(2)3;1-3-8-4-6-9(10-2)7-5-8;2*1-2/h14-17,20,24,26H,3-13,18-19H2,1-2H3;5-7,9-10,14-18H,3-4,8H2,1-2H3;9-10H,5-8H2,1-4H3;4-7H,3H2,1-2H3;2*1-2H3/b;13-5+,15-7?;;;;. The van der Waals surface area contributed by atoms with Crippen LogP contribution in [0.2, 0.25) is 0 Å². The Labute approximate surface area is 431 Å². The summed E-state index contributed by atoms with van der Waals surface area (Å²) in [5, 5.41) is 20.8. The maximum atomic E-state index is 12.3. The average Bonchev–Trinajstić information content (AvgIpc) is 3.38. The number of fused-ring (bicyclic) bond motifs is 1. The van der Waals surface area contributed by atoms with E-state index < -0.39 is 0 Å². The summed E-state index contributed by atoms with van der Waals surface area (Å²) >= 11 is 0. The number of unbranched alkanes of at least 4 members (excludes halogenated alkanes) is 2. The number of carbonyl (C=O) groups is 2. The quantitative estimate of drug-likeness (QED) is 0.0590. The molecule has 4 unspecified atom stereocenters. The lowest BCUT2D eigenvalue weighted by molar-refractivity contribution is -0.123. The van der Waals surface area contributed by atoms with Crippen LogP contribution in [0.5, 0.6) is 5.75 Å². The van der Waals surface area contributed by atoms with Crippen molar-refractivity contribution in [2.24, 2.45) is 23.7 Å². The number of carbonyl (C=O) groups excluding carboxylic acids is 2. The van der Waals surface area contributed by atoms with Crippen LogP contribution in [0.4, 0.5) is 5.69 Å². The number of rotatable bonds is 22.